The molecule has 0 aromatic heterocycles. The van der Waals surface area contributed by atoms with E-state index in [9.17, 15) is 9.59 Å². The van der Waals surface area contributed by atoms with Crippen molar-refractivity contribution >= 4 is 11.9 Å². The molecule has 0 heterocycles. The molecule has 0 aliphatic heterocycles. The number of carbonyl (C=O) groups is 2. The lowest BCUT2D eigenvalue weighted by molar-refractivity contribution is -0.145. The second-order valence-electron chi connectivity index (χ2n) is 4.90. The van der Waals surface area contributed by atoms with Crippen LogP contribution in [0.15, 0.2) is 30.3 Å². The lowest BCUT2D eigenvalue weighted by Crippen LogP contribution is -2.51. The van der Waals surface area contributed by atoms with Crippen molar-refractivity contribution in [2.45, 2.75) is 30.8 Å². The van der Waals surface area contributed by atoms with Crippen LogP contribution in [0.25, 0.3) is 0 Å². The topological polar surface area (TPSA) is 81.4 Å². The number of nitrogens with one attached hydrogen (secondary N) is 1. The van der Waals surface area contributed by atoms with Crippen molar-refractivity contribution < 1.29 is 14.3 Å². The van der Waals surface area contributed by atoms with Gasteiger partial charge in [0.05, 0.1) is 12.6 Å². The average Bonchev–Trinajstić information content (AvgIpc) is 3.17. The van der Waals surface area contributed by atoms with Gasteiger partial charge in [-0.1, -0.05) is 30.3 Å². The van der Waals surface area contributed by atoms with Gasteiger partial charge in [-0.25, -0.2) is 4.79 Å². The number of benzene rings is 1. The number of rotatable bonds is 5. The van der Waals surface area contributed by atoms with Crippen molar-refractivity contribution in [2.75, 3.05) is 7.11 Å². The Morgan fingerprint density at radius 3 is 2.53 bits per heavy atom. The molecule has 5 nitrogen and oxygen atoms in total. The number of esters is 1. The Labute approximate surface area is 112 Å². The van der Waals surface area contributed by atoms with E-state index in [1.54, 1.807) is 0 Å². The van der Waals surface area contributed by atoms with E-state index in [-0.39, 0.29) is 5.91 Å². The smallest absolute Gasteiger partial charge is 0.328 e. The van der Waals surface area contributed by atoms with Crippen LogP contribution in [0.5, 0.6) is 0 Å². The van der Waals surface area contributed by atoms with Crippen molar-refractivity contribution in [3.63, 3.8) is 0 Å². The van der Waals surface area contributed by atoms with Crippen molar-refractivity contribution in [1.29, 1.82) is 0 Å². The fourth-order valence-corrected chi connectivity index (χ4v) is 1.85. The molecular formula is C14H18N2O3. The normalized spacial score (nSPS) is 17.4. The van der Waals surface area contributed by atoms with Gasteiger partial charge in [0.25, 0.3) is 0 Å². The largest absolute Gasteiger partial charge is 0.467 e. The molecule has 5 heteroatoms. The first kappa shape index (κ1) is 13.5. The number of carbonyl (C=O) groups excluding carboxylic acids is 2. The molecule has 0 bridgehead atoms. The number of amides is 1. The van der Waals surface area contributed by atoms with Crippen LogP contribution >= 0.6 is 0 Å². The van der Waals surface area contributed by atoms with Crippen molar-refractivity contribution in [2.24, 2.45) is 5.73 Å². The highest BCUT2D eigenvalue weighted by molar-refractivity contribution is 5.92. The fourth-order valence-electron chi connectivity index (χ4n) is 1.85. The summed E-state index contributed by atoms with van der Waals surface area (Å²) in [5.41, 5.74) is 5.98. The molecule has 19 heavy (non-hydrogen) atoms. The Balaban J connectivity index is 2.04. The summed E-state index contributed by atoms with van der Waals surface area (Å²) in [5.74, 6) is -0.736. The second-order valence-corrected chi connectivity index (χ2v) is 4.90. The molecular weight excluding hydrogens is 244 g/mol. The molecule has 1 aromatic carbocycles. The lowest BCUT2D eigenvalue weighted by atomic mass is 10.1. The van der Waals surface area contributed by atoms with Crippen molar-refractivity contribution in [3.05, 3.63) is 35.9 Å². The summed E-state index contributed by atoms with van der Waals surface area (Å²) in [6.07, 6.45) is 1.73. The van der Waals surface area contributed by atoms with Gasteiger partial charge in [-0.15, -0.1) is 0 Å². The van der Waals surface area contributed by atoms with Crippen LogP contribution < -0.4 is 11.1 Å². The van der Waals surface area contributed by atoms with Gasteiger partial charge >= 0.3 is 5.97 Å². The Morgan fingerprint density at radius 1 is 1.37 bits per heavy atom. The van der Waals surface area contributed by atoms with Crippen LogP contribution in [-0.4, -0.2) is 30.6 Å². The van der Waals surface area contributed by atoms with Crippen molar-refractivity contribution in [1.82, 2.24) is 5.32 Å². The summed E-state index contributed by atoms with van der Waals surface area (Å²) < 4.78 is 4.72. The maximum atomic E-state index is 11.9. The summed E-state index contributed by atoms with van der Waals surface area (Å²) in [4.78, 5) is 23.6. The van der Waals surface area contributed by atoms with E-state index in [4.69, 9.17) is 10.5 Å². The molecule has 0 saturated heterocycles. The van der Waals surface area contributed by atoms with Gasteiger partial charge in [0.2, 0.25) is 5.91 Å². The van der Waals surface area contributed by atoms with Crippen LogP contribution in [0.1, 0.15) is 18.4 Å². The van der Waals surface area contributed by atoms with Gasteiger partial charge < -0.3 is 15.8 Å². The molecule has 1 amide bonds. The highest BCUT2D eigenvalue weighted by Crippen LogP contribution is 2.32. The minimum Gasteiger partial charge on any atom is -0.467 e. The monoisotopic (exact) mass is 262 g/mol. The predicted octanol–water partition coefficient (Wildman–Crippen LogP) is 0.378. The molecule has 0 spiro atoms. The number of ether oxygens (including phenoxy) is 1. The maximum Gasteiger partial charge on any atom is 0.328 e. The SMILES string of the molecule is COC(=O)[C@H](Cc1ccccc1)NC(=O)C1(N)CC1. The summed E-state index contributed by atoms with van der Waals surface area (Å²) in [7, 11) is 1.31. The Hall–Kier alpha value is -1.88. The van der Waals surface area contributed by atoms with Gasteiger partial charge in [-0.2, -0.15) is 0 Å². The third-order valence-corrected chi connectivity index (χ3v) is 3.31. The van der Waals surface area contributed by atoms with E-state index in [0.717, 1.165) is 5.56 Å². The zero-order valence-corrected chi connectivity index (χ0v) is 10.9. The first-order chi connectivity index (χ1) is 9.05. The molecule has 2 rings (SSSR count). The Kier molecular flexibility index (Phi) is 3.85. The molecule has 0 unspecified atom stereocenters. The molecule has 1 atom stereocenters. The molecule has 1 aliphatic carbocycles. The molecule has 1 aliphatic rings. The quantitative estimate of drug-likeness (QED) is 0.752. The van der Waals surface area contributed by atoms with Crippen LogP contribution in [0.2, 0.25) is 0 Å². The molecule has 1 aromatic rings. The fraction of sp³-hybridized carbons (Fsp3) is 0.429. The third kappa shape index (κ3) is 3.32. The van der Waals surface area contributed by atoms with Gasteiger partial charge in [-0.05, 0) is 18.4 Å². The number of hydrogen-bond donors (Lipinski definition) is 2. The maximum absolute atomic E-state index is 11.9. The summed E-state index contributed by atoms with van der Waals surface area (Å²) in [5, 5.41) is 2.68. The molecule has 0 radical (unpaired) electrons. The van der Waals surface area contributed by atoms with Crippen LogP contribution in [0.4, 0.5) is 0 Å². The molecule has 102 valence electrons. The van der Waals surface area contributed by atoms with Crippen LogP contribution in [0.3, 0.4) is 0 Å². The summed E-state index contributed by atoms with van der Waals surface area (Å²) in [6, 6.07) is 8.78. The van der Waals surface area contributed by atoms with Gasteiger partial charge in [-0.3, -0.25) is 4.79 Å². The van der Waals surface area contributed by atoms with E-state index in [0.29, 0.717) is 19.3 Å². The van der Waals surface area contributed by atoms with E-state index in [1.165, 1.54) is 7.11 Å². The van der Waals surface area contributed by atoms with Crippen molar-refractivity contribution in [3.8, 4) is 0 Å². The minimum absolute atomic E-state index is 0.279. The van der Waals surface area contributed by atoms with Crippen LogP contribution in [-0.2, 0) is 20.7 Å². The number of methoxy groups -OCH3 is 1. The average molecular weight is 262 g/mol. The van der Waals surface area contributed by atoms with E-state index in [2.05, 4.69) is 5.32 Å². The summed E-state index contributed by atoms with van der Waals surface area (Å²) >= 11 is 0. The van der Waals surface area contributed by atoms with E-state index >= 15 is 0 Å². The molecule has 1 saturated carbocycles. The third-order valence-electron chi connectivity index (χ3n) is 3.31. The van der Waals surface area contributed by atoms with Gasteiger partial charge in [0.1, 0.15) is 6.04 Å². The number of hydrogen-bond acceptors (Lipinski definition) is 4. The molecule has 1 fully saturated rings. The second kappa shape index (κ2) is 5.40. The van der Waals surface area contributed by atoms with Crippen LogP contribution in [0, 0.1) is 0 Å². The Morgan fingerprint density at radius 2 is 2.00 bits per heavy atom. The zero-order valence-electron chi connectivity index (χ0n) is 10.9. The first-order valence-corrected chi connectivity index (χ1v) is 6.27. The highest BCUT2D eigenvalue weighted by atomic mass is 16.5. The first-order valence-electron chi connectivity index (χ1n) is 6.27. The predicted molar refractivity (Wildman–Crippen MR) is 70.2 cm³/mol. The minimum atomic E-state index is -0.789. The Bertz CT molecular complexity index is 469. The van der Waals surface area contributed by atoms with Gasteiger partial charge in [0, 0.05) is 6.42 Å². The molecule has 3 N–H and O–H groups in total. The van der Waals surface area contributed by atoms with E-state index < -0.39 is 17.6 Å². The van der Waals surface area contributed by atoms with Gasteiger partial charge in [0.15, 0.2) is 0 Å². The highest BCUT2D eigenvalue weighted by Gasteiger charge is 2.47. The standard InChI is InChI=1S/C14H18N2O3/c1-19-12(17)11(9-10-5-3-2-4-6-10)16-13(18)14(15)7-8-14/h2-6,11H,7-9,15H2,1H3,(H,16,18)/t11-/m0/s1. The van der Waals surface area contributed by atoms with E-state index in [1.807, 2.05) is 30.3 Å². The zero-order chi connectivity index (χ0) is 13.9. The lowest BCUT2D eigenvalue weighted by Gasteiger charge is -2.18. The number of nitrogens with two attached hydrogens (primary N) is 1. The summed E-state index contributed by atoms with van der Waals surface area (Å²) in [6.45, 7) is 0.